The maximum absolute atomic E-state index is 12.0. The molecule has 6 heteroatoms. The summed E-state index contributed by atoms with van der Waals surface area (Å²) in [5.74, 6) is 1.19. The van der Waals surface area contributed by atoms with Crippen LogP contribution in [0, 0.1) is 20.8 Å². The highest BCUT2D eigenvalue weighted by Crippen LogP contribution is 2.44. The molecule has 0 spiro atoms. The monoisotopic (exact) mass is 373 g/mol. The Bertz CT molecular complexity index is 804. The number of aliphatic imine (C=N–C) groups is 1. The van der Waals surface area contributed by atoms with Gasteiger partial charge in [0.2, 0.25) is 0 Å². The van der Waals surface area contributed by atoms with Gasteiger partial charge in [-0.2, -0.15) is 4.99 Å². The van der Waals surface area contributed by atoms with Gasteiger partial charge in [-0.3, -0.25) is 4.79 Å². The van der Waals surface area contributed by atoms with Gasteiger partial charge in [0.15, 0.2) is 5.96 Å². The second kappa shape index (κ2) is 8.03. The van der Waals surface area contributed by atoms with E-state index in [-0.39, 0.29) is 18.3 Å². The Morgan fingerprint density at radius 2 is 1.89 bits per heavy atom. The second-order valence-corrected chi connectivity index (χ2v) is 7.76. The predicted molar refractivity (Wildman–Crippen MR) is 108 cm³/mol. The number of amides is 1. The van der Waals surface area contributed by atoms with Crippen molar-refractivity contribution in [3.63, 3.8) is 0 Å². The van der Waals surface area contributed by atoms with Crippen molar-refractivity contribution < 1.29 is 14.3 Å². The van der Waals surface area contributed by atoms with Gasteiger partial charge in [-0.25, -0.2) is 0 Å². The lowest BCUT2D eigenvalue weighted by molar-refractivity contribution is -0.121. The molecule has 1 amide bonds. The molecular weight excluding hydrogens is 342 g/mol. The molecule has 0 aliphatic carbocycles. The molecule has 0 fully saturated rings. The molecule has 0 saturated heterocycles. The van der Waals surface area contributed by atoms with E-state index in [1.165, 1.54) is 5.57 Å². The molecule has 1 aromatic rings. The standard InChI is InChI=1S/C21H31N3O3/c1-12(2)8-10-26-18-13(3)14(4)19-16(15(18)5)7-9-21(6,27-19)11-17(25)24-20(22)23/h8H,7,9-11H2,1-6H3,(H4,22,23,24,25). The smallest absolute Gasteiger partial charge is 0.252 e. The molecule has 0 bridgehead atoms. The predicted octanol–water partition coefficient (Wildman–Crippen LogP) is 3.23. The van der Waals surface area contributed by atoms with Crippen molar-refractivity contribution in [2.75, 3.05) is 6.61 Å². The number of hydrogen-bond acceptors (Lipinski definition) is 3. The molecule has 1 aliphatic heterocycles. The molecule has 0 saturated carbocycles. The van der Waals surface area contributed by atoms with Gasteiger partial charge in [-0.05, 0) is 77.2 Å². The summed E-state index contributed by atoms with van der Waals surface area (Å²) in [5, 5.41) is 0. The van der Waals surface area contributed by atoms with E-state index in [2.05, 4.69) is 31.8 Å². The van der Waals surface area contributed by atoms with Gasteiger partial charge in [0, 0.05) is 5.56 Å². The van der Waals surface area contributed by atoms with Crippen molar-refractivity contribution in [2.45, 2.75) is 66.4 Å². The minimum absolute atomic E-state index is 0.140. The molecular formula is C21H31N3O3. The van der Waals surface area contributed by atoms with Crippen LogP contribution in [-0.4, -0.2) is 24.1 Å². The van der Waals surface area contributed by atoms with Gasteiger partial charge in [0.1, 0.15) is 23.7 Å². The molecule has 1 unspecified atom stereocenters. The molecule has 27 heavy (non-hydrogen) atoms. The van der Waals surface area contributed by atoms with Crippen molar-refractivity contribution in [3.8, 4) is 11.5 Å². The van der Waals surface area contributed by atoms with Crippen LogP contribution in [0.4, 0.5) is 0 Å². The Balaban J connectivity index is 2.33. The number of ether oxygens (including phenoxy) is 2. The summed E-state index contributed by atoms with van der Waals surface area (Å²) >= 11 is 0. The summed E-state index contributed by atoms with van der Waals surface area (Å²) in [5.41, 5.74) is 15.6. The largest absolute Gasteiger partial charge is 0.489 e. The molecule has 1 aliphatic rings. The fourth-order valence-corrected chi connectivity index (χ4v) is 3.42. The quantitative estimate of drug-likeness (QED) is 0.469. The van der Waals surface area contributed by atoms with Gasteiger partial charge >= 0.3 is 0 Å². The number of allylic oxidation sites excluding steroid dienone is 1. The third-order valence-corrected chi connectivity index (χ3v) is 5.06. The first kappa shape index (κ1) is 20.8. The van der Waals surface area contributed by atoms with E-state index >= 15 is 0 Å². The highest BCUT2D eigenvalue weighted by Gasteiger charge is 2.36. The summed E-state index contributed by atoms with van der Waals surface area (Å²) in [6.45, 7) is 12.7. The van der Waals surface area contributed by atoms with Gasteiger partial charge in [-0.1, -0.05) is 5.57 Å². The third kappa shape index (κ3) is 4.81. The molecule has 148 valence electrons. The van der Waals surface area contributed by atoms with E-state index in [4.69, 9.17) is 20.9 Å². The molecule has 6 nitrogen and oxygen atoms in total. The van der Waals surface area contributed by atoms with E-state index in [1.54, 1.807) is 0 Å². The summed E-state index contributed by atoms with van der Waals surface area (Å²) in [6, 6.07) is 0. The Morgan fingerprint density at radius 1 is 1.22 bits per heavy atom. The topological polar surface area (TPSA) is 99.9 Å². The third-order valence-electron chi connectivity index (χ3n) is 5.06. The number of fused-ring (bicyclic) bond motifs is 1. The van der Waals surface area contributed by atoms with Crippen LogP contribution in [0.5, 0.6) is 11.5 Å². The van der Waals surface area contributed by atoms with Crippen LogP contribution in [0.1, 0.15) is 55.9 Å². The first-order valence-corrected chi connectivity index (χ1v) is 9.24. The zero-order valence-corrected chi connectivity index (χ0v) is 17.2. The van der Waals surface area contributed by atoms with Crippen LogP contribution in [0.2, 0.25) is 0 Å². The first-order valence-electron chi connectivity index (χ1n) is 9.24. The molecule has 1 aromatic carbocycles. The van der Waals surface area contributed by atoms with Crippen molar-refractivity contribution in [1.29, 1.82) is 0 Å². The maximum atomic E-state index is 12.0. The zero-order chi connectivity index (χ0) is 20.4. The number of nitrogens with zero attached hydrogens (tertiary/aromatic N) is 1. The molecule has 0 aromatic heterocycles. The van der Waals surface area contributed by atoms with Crippen LogP contribution < -0.4 is 20.9 Å². The van der Waals surface area contributed by atoms with E-state index in [0.29, 0.717) is 13.0 Å². The van der Waals surface area contributed by atoms with E-state index < -0.39 is 5.60 Å². The van der Waals surface area contributed by atoms with Crippen LogP contribution in [0.15, 0.2) is 16.6 Å². The van der Waals surface area contributed by atoms with Crippen molar-refractivity contribution in [2.24, 2.45) is 16.5 Å². The molecule has 1 atom stereocenters. The number of hydrogen-bond donors (Lipinski definition) is 2. The van der Waals surface area contributed by atoms with Gasteiger partial charge < -0.3 is 20.9 Å². The number of guanidine groups is 1. The van der Waals surface area contributed by atoms with Crippen LogP contribution in [0.3, 0.4) is 0 Å². The molecule has 1 heterocycles. The van der Waals surface area contributed by atoms with Gasteiger partial charge in [-0.15, -0.1) is 0 Å². The maximum Gasteiger partial charge on any atom is 0.252 e. The van der Waals surface area contributed by atoms with E-state index in [1.807, 2.05) is 20.8 Å². The normalized spacial score (nSPS) is 18.1. The Morgan fingerprint density at radius 3 is 2.48 bits per heavy atom. The summed E-state index contributed by atoms with van der Waals surface area (Å²) in [4.78, 5) is 15.7. The molecule has 2 rings (SSSR count). The number of carbonyl (C=O) groups is 1. The average Bonchev–Trinajstić information content (AvgIpc) is 2.54. The minimum Gasteiger partial charge on any atom is -0.489 e. The Kier molecular flexibility index (Phi) is 6.19. The average molecular weight is 373 g/mol. The highest BCUT2D eigenvalue weighted by molar-refractivity contribution is 5.91. The number of rotatable bonds is 5. The first-order chi connectivity index (χ1) is 12.5. The van der Waals surface area contributed by atoms with E-state index in [0.717, 1.165) is 40.2 Å². The fourth-order valence-electron chi connectivity index (χ4n) is 3.42. The number of benzene rings is 1. The lowest BCUT2D eigenvalue weighted by Crippen LogP contribution is -2.39. The SMILES string of the molecule is CC(C)=CCOc1c(C)c(C)c2c(c1C)CCC(C)(CC(=O)N=C(N)N)O2. The van der Waals surface area contributed by atoms with Gasteiger partial charge in [0.25, 0.3) is 5.91 Å². The number of carbonyl (C=O) groups excluding carboxylic acids is 1. The summed E-state index contributed by atoms with van der Waals surface area (Å²) < 4.78 is 12.4. The zero-order valence-electron chi connectivity index (χ0n) is 17.2. The lowest BCUT2D eigenvalue weighted by Gasteiger charge is -2.37. The van der Waals surface area contributed by atoms with Crippen LogP contribution >= 0.6 is 0 Å². The number of nitrogens with two attached hydrogens (primary N) is 2. The Labute approximate surface area is 161 Å². The van der Waals surface area contributed by atoms with E-state index in [9.17, 15) is 4.79 Å². The van der Waals surface area contributed by atoms with Crippen molar-refractivity contribution in [3.05, 3.63) is 33.9 Å². The van der Waals surface area contributed by atoms with Crippen molar-refractivity contribution in [1.82, 2.24) is 0 Å². The van der Waals surface area contributed by atoms with Gasteiger partial charge in [0.05, 0.1) is 6.42 Å². The summed E-state index contributed by atoms with van der Waals surface area (Å²) in [6.07, 6.45) is 3.73. The summed E-state index contributed by atoms with van der Waals surface area (Å²) in [7, 11) is 0. The lowest BCUT2D eigenvalue weighted by atomic mass is 9.85. The highest BCUT2D eigenvalue weighted by atomic mass is 16.5. The molecule has 4 N–H and O–H groups in total. The van der Waals surface area contributed by atoms with Crippen LogP contribution in [-0.2, 0) is 11.2 Å². The van der Waals surface area contributed by atoms with Crippen LogP contribution in [0.25, 0.3) is 0 Å². The molecule has 0 radical (unpaired) electrons. The second-order valence-electron chi connectivity index (χ2n) is 7.76. The minimum atomic E-state index is -0.628. The Hall–Kier alpha value is -2.50. The fraction of sp³-hybridized carbons (Fsp3) is 0.524. The van der Waals surface area contributed by atoms with Crippen molar-refractivity contribution >= 4 is 11.9 Å².